The molecule has 0 saturated carbocycles. The molecule has 1 aromatic heterocycles. The highest BCUT2D eigenvalue weighted by Gasteiger charge is 2.30. The van der Waals surface area contributed by atoms with Gasteiger partial charge in [0.2, 0.25) is 0 Å². The number of likely N-dealkylation sites (tertiary alicyclic amines) is 1. The molecule has 3 aromatic rings. The van der Waals surface area contributed by atoms with Crippen molar-refractivity contribution in [2.75, 3.05) is 18.4 Å². The molecule has 0 aliphatic carbocycles. The van der Waals surface area contributed by atoms with Gasteiger partial charge in [-0.25, -0.2) is 4.79 Å². The zero-order chi connectivity index (χ0) is 32.3. The number of H-pyrrole nitrogens is 1. The lowest BCUT2D eigenvalue weighted by molar-refractivity contribution is -0.110. The second kappa shape index (κ2) is 12.9. The molecule has 45 heavy (non-hydrogen) atoms. The molecule has 3 heterocycles. The number of nitrogens with two attached hydrogens (primary N) is 1. The highest BCUT2D eigenvalue weighted by molar-refractivity contribution is 6.35. The summed E-state index contributed by atoms with van der Waals surface area (Å²) in [5.74, 6) is -0.462. The second-order valence-corrected chi connectivity index (χ2v) is 12.4. The molecule has 10 heteroatoms. The van der Waals surface area contributed by atoms with E-state index in [9.17, 15) is 14.4 Å². The van der Waals surface area contributed by atoms with Crippen LogP contribution in [-0.2, 0) is 9.53 Å². The van der Waals surface area contributed by atoms with Crippen LogP contribution in [0.15, 0.2) is 59.7 Å². The number of nitrogens with one attached hydrogen (secondary N) is 3. The summed E-state index contributed by atoms with van der Waals surface area (Å²) >= 11 is 0. The van der Waals surface area contributed by atoms with Crippen LogP contribution in [0.2, 0.25) is 0 Å². The van der Waals surface area contributed by atoms with Crippen molar-refractivity contribution in [3.8, 4) is 0 Å². The number of benzene rings is 2. The Morgan fingerprint density at radius 2 is 1.89 bits per heavy atom. The molecular weight excluding hydrogens is 568 g/mol. The molecule has 3 amide bonds. The number of aromatic amines is 1. The summed E-state index contributed by atoms with van der Waals surface area (Å²) in [4.78, 5) is 48.6. The molecule has 5 N–H and O–H groups in total. The third-order valence-corrected chi connectivity index (χ3v) is 7.82. The van der Waals surface area contributed by atoms with E-state index in [2.05, 4.69) is 20.6 Å². The molecule has 2 aromatic carbocycles. The van der Waals surface area contributed by atoms with Crippen LogP contribution in [0.4, 0.5) is 16.2 Å². The quantitative estimate of drug-likeness (QED) is 0.202. The van der Waals surface area contributed by atoms with Gasteiger partial charge in [-0.05, 0) is 88.9 Å². The van der Waals surface area contributed by atoms with E-state index in [4.69, 9.17) is 10.5 Å². The van der Waals surface area contributed by atoms with Crippen LogP contribution in [0, 0.1) is 13.8 Å². The summed E-state index contributed by atoms with van der Waals surface area (Å²) in [6.07, 6.45) is 6.12. The highest BCUT2D eigenvalue weighted by atomic mass is 16.6. The number of rotatable bonds is 6. The maximum absolute atomic E-state index is 13.5. The summed E-state index contributed by atoms with van der Waals surface area (Å²) < 4.78 is 5.53. The summed E-state index contributed by atoms with van der Waals surface area (Å²) in [5.41, 5.74) is 12.2. The third kappa shape index (κ3) is 7.17. The first-order chi connectivity index (χ1) is 21.4. The Bertz CT molecular complexity index is 1710. The van der Waals surface area contributed by atoms with Gasteiger partial charge in [0.05, 0.1) is 16.8 Å². The van der Waals surface area contributed by atoms with Crippen molar-refractivity contribution in [1.82, 2.24) is 15.2 Å². The first-order valence-corrected chi connectivity index (χ1v) is 15.1. The Morgan fingerprint density at radius 1 is 1.13 bits per heavy atom. The summed E-state index contributed by atoms with van der Waals surface area (Å²) in [5, 5.41) is 6.03. The number of aromatic nitrogens is 1. The van der Waals surface area contributed by atoms with Crippen LogP contribution in [-0.4, -0.2) is 58.7 Å². The van der Waals surface area contributed by atoms with Crippen molar-refractivity contribution in [2.24, 2.45) is 10.7 Å². The SMILES string of the molecule is Cc1[nH]c(/C=C2\C(=O)Nc3ccc(C(C=Nc4ccccc4)=CN)cc32)c(C)c1C(=O)N[C@H]1CCCN(C(=O)OC(C)(C)C)C1. The minimum atomic E-state index is -0.587. The Balaban J connectivity index is 1.35. The number of hydrogen-bond donors (Lipinski definition) is 4. The van der Waals surface area contributed by atoms with Crippen molar-refractivity contribution < 1.29 is 19.1 Å². The van der Waals surface area contributed by atoms with Gasteiger partial charge in [0.25, 0.3) is 11.8 Å². The number of amides is 3. The van der Waals surface area contributed by atoms with Gasteiger partial charge in [-0.1, -0.05) is 24.3 Å². The van der Waals surface area contributed by atoms with Gasteiger partial charge in [-0.2, -0.15) is 0 Å². The van der Waals surface area contributed by atoms with Crippen molar-refractivity contribution in [2.45, 2.75) is 59.1 Å². The number of carbonyl (C=O) groups excluding carboxylic acids is 3. The minimum Gasteiger partial charge on any atom is -0.444 e. The van der Waals surface area contributed by atoms with Crippen LogP contribution >= 0.6 is 0 Å². The van der Waals surface area contributed by atoms with Gasteiger partial charge in [0, 0.05) is 59.8 Å². The van der Waals surface area contributed by atoms with Crippen LogP contribution in [0.25, 0.3) is 17.2 Å². The predicted octanol–water partition coefficient (Wildman–Crippen LogP) is 5.96. The van der Waals surface area contributed by atoms with Gasteiger partial charge in [0.1, 0.15) is 5.60 Å². The number of aryl methyl sites for hydroxylation is 1. The Labute approximate surface area is 263 Å². The molecule has 0 radical (unpaired) electrons. The van der Waals surface area contributed by atoms with Crippen molar-refractivity contribution >= 4 is 52.7 Å². The van der Waals surface area contributed by atoms with Crippen molar-refractivity contribution in [3.63, 3.8) is 0 Å². The van der Waals surface area contributed by atoms with E-state index in [1.807, 2.05) is 83.1 Å². The van der Waals surface area contributed by atoms with Gasteiger partial charge < -0.3 is 31.0 Å². The Hall–Kier alpha value is -5.12. The van der Waals surface area contributed by atoms with E-state index in [-0.39, 0.29) is 23.9 Å². The number of piperidine rings is 1. The monoisotopic (exact) mass is 608 g/mol. The maximum atomic E-state index is 13.5. The zero-order valence-electron chi connectivity index (χ0n) is 26.4. The average Bonchev–Trinajstić information content (AvgIpc) is 3.46. The Kier molecular flexibility index (Phi) is 8.94. The predicted molar refractivity (Wildman–Crippen MR) is 178 cm³/mol. The maximum Gasteiger partial charge on any atom is 0.410 e. The molecule has 1 atom stereocenters. The largest absolute Gasteiger partial charge is 0.444 e. The van der Waals surface area contributed by atoms with E-state index in [1.54, 1.807) is 17.2 Å². The summed E-state index contributed by atoms with van der Waals surface area (Å²) in [6, 6.07) is 15.0. The third-order valence-electron chi connectivity index (χ3n) is 7.82. The molecule has 2 aliphatic rings. The number of para-hydroxylation sites is 1. The molecule has 1 saturated heterocycles. The summed E-state index contributed by atoms with van der Waals surface area (Å²) in [6.45, 7) is 10.2. The number of carbonyl (C=O) groups is 3. The molecule has 0 bridgehead atoms. The van der Waals surface area contributed by atoms with Crippen LogP contribution in [0.3, 0.4) is 0 Å². The minimum absolute atomic E-state index is 0.199. The Morgan fingerprint density at radius 3 is 2.60 bits per heavy atom. The number of nitrogens with zero attached hydrogens (tertiary/aromatic N) is 2. The number of aliphatic imine (C=N–C) groups is 1. The van der Waals surface area contributed by atoms with Crippen molar-refractivity contribution in [1.29, 1.82) is 0 Å². The fourth-order valence-electron chi connectivity index (χ4n) is 5.63. The number of anilines is 1. The molecule has 5 rings (SSSR count). The van der Waals surface area contributed by atoms with Gasteiger partial charge >= 0.3 is 6.09 Å². The van der Waals surface area contributed by atoms with E-state index >= 15 is 0 Å². The average molecular weight is 609 g/mol. The van der Waals surface area contributed by atoms with Gasteiger partial charge in [0.15, 0.2) is 0 Å². The standard InChI is InChI=1S/C35H40N6O4/c1-21-30(38-22(2)31(21)33(43)39-26-12-9-15-41(20-26)34(44)45-35(3,4)5)17-28-27-16-23(13-14-29(27)40-32(28)42)24(18-36)19-37-25-10-7-6-8-11-25/h6-8,10-11,13-14,16-19,26,38H,9,12,15,20,36H2,1-5H3,(H,39,43)(H,40,42)/b24-18?,28-17-,37-19?/t26-/m0/s1. The van der Waals surface area contributed by atoms with E-state index in [0.29, 0.717) is 46.9 Å². The van der Waals surface area contributed by atoms with Crippen LogP contribution in [0.5, 0.6) is 0 Å². The number of fused-ring (bicyclic) bond motifs is 1. The smallest absolute Gasteiger partial charge is 0.410 e. The van der Waals surface area contributed by atoms with Gasteiger partial charge in [-0.15, -0.1) is 0 Å². The van der Waals surface area contributed by atoms with Gasteiger partial charge in [-0.3, -0.25) is 14.6 Å². The normalized spacial score (nSPS) is 17.8. The van der Waals surface area contributed by atoms with E-state index < -0.39 is 5.60 Å². The lowest BCUT2D eigenvalue weighted by Crippen LogP contribution is -2.50. The van der Waals surface area contributed by atoms with E-state index in [1.165, 1.54) is 6.20 Å². The number of allylic oxidation sites excluding steroid dienone is 1. The first-order valence-electron chi connectivity index (χ1n) is 15.1. The lowest BCUT2D eigenvalue weighted by Gasteiger charge is -2.34. The second-order valence-electron chi connectivity index (χ2n) is 12.4. The van der Waals surface area contributed by atoms with Crippen LogP contribution in [0.1, 0.15) is 72.0 Å². The molecule has 1 fully saturated rings. The summed E-state index contributed by atoms with van der Waals surface area (Å²) in [7, 11) is 0. The molecular formula is C35H40N6O4. The van der Waals surface area contributed by atoms with Crippen LogP contribution < -0.4 is 16.4 Å². The fourth-order valence-corrected chi connectivity index (χ4v) is 5.63. The number of ether oxygens (including phenoxy) is 1. The molecule has 10 nitrogen and oxygen atoms in total. The lowest BCUT2D eigenvalue weighted by atomic mass is 9.99. The zero-order valence-corrected chi connectivity index (χ0v) is 26.4. The first kappa shape index (κ1) is 31.3. The number of hydrogen-bond acceptors (Lipinski definition) is 6. The molecule has 0 spiro atoms. The fraction of sp³-hybridized carbons (Fsp3) is 0.314. The van der Waals surface area contributed by atoms with E-state index in [0.717, 1.165) is 35.2 Å². The highest BCUT2D eigenvalue weighted by Crippen LogP contribution is 2.36. The molecule has 0 unspecified atom stereocenters. The topological polar surface area (TPSA) is 142 Å². The molecule has 2 aliphatic heterocycles. The molecule has 234 valence electrons. The van der Waals surface area contributed by atoms with Crippen molar-refractivity contribution in [3.05, 3.63) is 88.4 Å².